The molecular weight excluding hydrogens is 805 g/mol. The minimum absolute atomic E-state index is 0.00389. The standard InChI is InChI=1S/C24H37N5O3.C17H18N2O2S.C6H11NO/c1-24(2,3)20(23(32)29-11-7-10-19(29)21(30)25-4)26-18-9-6-8-17(16-18)22(31)28-14-12-27(5)13-15-28;1-9(2)13-8-22-17(19-13)12-7-14(20)11-5-6-15(21-4)10(3)16(11)18-12;1-4-3-5(4)6(8)7-2/h6,8-9,16,19-20,26H,7,10-15H2,1-5H3,(H,25,30);5-9H,1-4H3,(H,18,20);4-5H,3H2,1-2H3,(H,7,8)/t19?,20-;;4?,5-/m1.0/s1. The molecule has 1 aliphatic carbocycles. The predicted octanol–water partition coefficient (Wildman–Crippen LogP) is 6.12. The molecule has 4 heterocycles. The average Bonchev–Trinajstić information content (AvgIpc) is 3.57. The third-order valence-electron chi connectivity index (χ3n) is 11.9. The molecule has 7 rings (SSSR count). The smallest absolute Gasteiger partial charge is 0.254 e. The average molecular weight is 871 g/mol. The molecule has 4 N–H and O–H groups in total. The highest BCUT2D eigenvalue weighted by atomic mass is 32.1. The number of piperazine rings is 1. The molecule has 0 spiro atoms. The van der Waals surface area contributed by atoms with Crippen molar-refractivity contribution in [3.05, 3.63) is 74.9 Å². The van der Waals surface area contributed by atoms with Gasteiger partial charge in [0.05, 0.1) is 24.0 Å². The van der Waals surface area contributed by atoms with Crippen LogP contribution in [0.25, 0.3) is 21.6 Å². The Bertz CT molecular complexity index is 2270. The zero-order valence-corrected chi connectivity index (χ0v) is 39.1. The van der Waals surface area contributed by atoms with Crippen molar-refractivity contribution in [2.75, 3.05) is 66.3 Å². The number of hydrogen-bond donors (Lipinski definition) is 4. The quantitative estimate of drug-likeness (QED) is 0.155. The van der Waals surface area contributed by atoms with Gasteiger partial charge in [0.2, 0.25) is 17.7 Å². The molecule has 3 aliphatic rings. The fraction of sp³-hybridized carbons (Fsp3) is 0.532. The van der Waals surface area contributed by atoms with Crippen LogP contribution in [0.2, 0.25) is 0 Å². The number of fused-ring (bicyclic) bond motifs is 1. The van der Waals surface area contributed by atoms with Gasteiger partial charge in [0.1, 0.15) is 22.8 Å². The number of aromatic nitrogens is 2. The van der Waals surface area contributed by atoms with Gasteiger partial charge < -0.3 is 40.4 Å². The lowest BCUT2D eigenvalue weighted by Gasteiger charge is -2.36. The van der Waals surface area contributed by atoms with Crippen LogP contribution in [0.3, 0.4) is 0 Å². The Morgan fingerprint density at radius 3 is 2.21 bits per heavy atom. The number of pyridine rings is 1. The van der Waals surface area contributed by atoms with E-state index < -0.39 is 12.1 Å². The fourth-order valence-corrected chi connectivity index (χ4v) is 8.66. The number of methoxy groups -OCH3 is 1. The molecule has 4 amide bonds. The summed E-state index contributed by atoms with van der Waals surface area (Å²) in [6, 6.07) is 11.7. The normalized spacial score (nSPS) is 19.1. The van der Waals surface area contributed by atoms with Crippen molar-refractivity contribution in [1.29, 1.82) is 0 Å². The molecule has 0 bridgehead atoms. The van der Waals surface area contributed by atoms with Crippen LogP contribution in [0, 0.1) is 24.2 Å². The van der Waals surface area contributed by atoms with Crippen LogP contribution in [0.15, 0.2) is 52.6 Å². The highest BCUT2D eigenvalue weighted by molar-refractivity contribution is 7.13. The summed E-state index contributed by atoms with van der Waals surface area (Å²) in [7, 11) is 6.98. The Kier molecular flexibility index (Phi) is 16.0. The number of anilines is 1. The van der Waals surface area contributed by atoms with Gasteiger partial charge in [-0.3, -0.25) is 24.0 Å². The van der Waals surface area contributed by atoms with Crippen molar-refractivity contribution < 1.29 is 23.9 Å². The molecule has 2 aliphatic heterocycles. The second-order valence-corrected chi connectivity index (χ2v) is 18.8. The Morgan fingerprint density at radius 1 is 0.968 bits per heavy atom. The van der Waals surface area contributed by atoms with Gasteiger partial charge in [-0.05, 0) is 80.8 Å². The first-order valence-electron chi connectivity index (χ1n) is 21.6. The van der Waals surface area contributed by atoms with Gasteiger partial charge in [0, 0.05) is 86.4 Å². The van der Waals surface area contributed by atoms with E-state index in [0.29, 0.717) is 54.8 Å². The van der Waals surface area contributed by atoms with Gasteiger partial charge in [-0.15, -0.1) is 11.3 Å². The number of hydrogen-bond acceptors (Lipinski definition) is 10. The van der Waals surface area contributed by atoms with Crippen molar-refractivity contribution in [3.8, 4) is 16.5 Å². The maximum atomic E-state index is 13.5. The predicted molar refractivity (Wildman–Crippen MR) is 248 cm³/mol. The monoisotopic (exact) mass is 870 g/mol. The van der Waals surface area contributed by atoms with E-state index in [0.717, 1.165) is 64.8 Å². The largest absolute Gasteiger partial charge is 0.496 e. The molecule has 2 aromatic carbocycles. The number of aryl methyl sites for hydroxylation is 1. The molecule has 2 unspecified atom stereocenters. The molecule has 1 saturated carbocycles. The van der Waals surface area contributed by atoms with E-state index in [-0.39, 0.29) is 34.5 Å². The Hall–Kier alpha value is -5.28. The first kappa shape index (κ1) is 47.8. The SMILES string of the molecule is CNC(=O)C1CCCN1C(=O)[C@@H](Nc1cccc(C(=O)N2CCN(C)CC2)c1)C(C)(C)C.CNC(=O)[C@H]1CC1C.COc1ccc2c(=O)cc(-c3nc(C(C)C)cs3)[nH]c2c1C. The van der Waals surface area contributed by atoms with Crippen LogP contribution < -0.4 is 26.1 Å². The molecule has 15 heteroatoms. The summed E-state index contributed by atoms with van der Waals surface area (Å²) in [4.78, 5) is 75.6. The molecule has 2 saturated heterocycles. The lowest BCUT2D eigenvalue weighted by Crippen LogP contribution is -2.53. The first-order chi connectivity index (χ1) is 29.4. The topological polar surface area (TPSA) is 169 Å². The Balaban J connectivity index is 0.000000207. The highest BCUT2D eigenvalue weighted by Crippen LogP contribution is 2.37. The number of rotatable bonds is 9. The van der Waals surface area contributed by atoms with E-state index in [9.17, 15) is 24.0 Å². The van der Waals surface area contributed by atoms with Crippen molar-refractivity contribution in [1.82, 2.24) is 35.3 Å². The summed E-state index contributed by atoms with van der Waals surface area (Å²) in [5, 5.41) is 12.2. The third kappa shape index (κ3) is 11.6. The molecule has 62 heavy (non-hydrogen) atoms. The summed E-state index contributed by atoms with van der Waals surface area (Å²) in [6.45, 7) is 18.0. The number of carbonyl (C=O) groups excluding carboxylic acids is 4. The number of likely N-dealkylation sites (tertiary alicyclic amines) is 1. The zero-order chi connectivity index (χ0) is 45.5. The van der Waals surface area contributed by atoms with Crippen molar-refractivity contribution in [2.45, 2.75) is 85.7 Å². The van der Waals surface area contributed by atoms with E-state index in [1.54, 1.807) is 49.6 Å². The van der Waals surface area contributed by atoms with E-state index in [4.69, 9.17) is 4.74 Å². The number of aromatic amines is 1. The van der Waals surface area contributed by atoms with E-state index in [2.05, 4.69) is 58.6 Å². The first-order valence-corrected chi connectivity index (χ1v) is 22.5. The van der Waals surface area contributed by atoms with Crippen molar-refractivity contribution in [2.24, 2.45) is 17.3 Å². The Morgan fingerprint density at radius 2 is 1.65 bits per heavy atom. The molecule has 0 radical (unpaired) electrons. The number of thiazole rings is 1. The molecule has 14 nitrogen and oxygen atoms in total. The number of ether oxygens (including phenoxy) is 1. The van der Waals surface area contributed by atoms with E-state index >= 15 is 0 Å². The van der Waals surface area contributed by atoms with Crippen LogP contribution in [-0.2, 0) is 14.4 Å². The second kappa shape index (κ2) is 20.7. The van der Waals surface area contributed by atoms with Gasteiger partial charge in [0.25, 0.3) is 5.91 Å². The van der Waals surface area contributed by atoms with Crippen LogP contribution in [0.5, 0.6) is 5.75 Å². The van der Waals surface area contributed by atoms with Crippen LogP contribution >= 0.6 is 11.3 Å². The van der Waals surface area contributed by atoms with Crippen LogP contribution in [0.1, 0.15) is 88.3 Å². The highest BCUT2D eigenvalue weighted by Gasteiger charge is 2.41. The maximum Gasteiger partial charge on any atom is 0.254 e. The second-order valence-electron chi connectivity index (χ2n) is 18.0. The molecule has 3 fully saturated rings. The minimum atomic E-state index is -0.526. The van der Waals surface area contributed by atoms with E-state index in [1.165, 1.54) is 0 Å². The minimum Gasteiger partial charge on any atom is -0.496 e. The molecule has 4 atom stereocenters. The lowest BCUT2D eigenvalue weighted by atomic mass is 9.85. The number of carbonyl (C=O) groups is 4. The Labute approximate surface area is 370 Å². The number of nitrogens with zero attached hydrogens (tertiary/aromatic N) is 4. The number of likely N-dealkylation sites (N-methyl/N-ethyl adjacent to an activating group) is 2. The van der Waals surface area contributed by atoms with Crippen molar-refractivity contribution in [3.63, 3.8) is 0 Å². The van der Waals surface area contributed by atoms with Crippen molar-refractivity contribution >= 4 is 51.6 Å². The zero-order valence-electron chi connectivity index (χ0n) is 38.3. The van der Waals surface area contributed by atoms with Crippen LogP contribution in [0.4, 0.5) is 5.69 Å². The number of H-pyrrole nitrogens is 1. The lowest BCUT2D eigenvalue weighted by molar-refractivity contribution is -0.140. The summed E-state index contributed by atoms with van der Waals surface area (Å²) in [6.07, 6.45) is 2.58. The van der Waals surface area contributed by atoms with Crippen LogP contribution in [-0.4, -0.2) is 121 Å². The summed E-state index contributed by atoms with van der Waals surface area (Å²) < 4.78 is 5.34. The summed E-state index contributed by atoms with van der Waals surface area (Å²) in [5.74, 6) is 2.12. The van der Waals surface area contributed by atoms with E-state index in [1.807, 2.05) is 68.3 Å². The molecular formula is C47H66N8O6S. The number of benzene rings is 2. The summed E-state index contributed by atoms with van der Waals surface area (Å²) >= 11 is 1.55. The third-order valence-corrected chi connectivity index (χ3v) is 12.8. The number of amides is 4. The van der Waals surface area contributed by atoms with Gasteiger partial charge in [-0.1, -0.05) is 47.6 Å². The summed E-state index contributed by atoms with van der Waals surface area (Å²) in [5.41, 5.74) is 4.50. The van der Waals surface area contributed by atoms with Gasteiger partial charge >= 0.3 is 0 Å². The molecule has 2 aromatic heterocycles. The van der Waals surface area contributed by atoms with Gasteiger partial charge in [-0.2, -0.15) is 0 Å². The fourth-order valence-electron chi connectivity index (χ4n) is 7.71. The molecule has 4 aromatic rings. The number of nitrogens with one attached hydrogen (secondary N) is 4. The molecule has 336 valence electrons. The maximum absolute atomic E-state index is 13.5. The van der Waals surface area contributed by atoms with Gasteiger partial charge in [-0.25, -0.2) is 4.98 Å². The van der Waals surface area contributed by atoms with Gasteiger partial charge in [0.15, 0.2) is 5.43 Å².